The Morgan fingerprint density at radius 2 is 1.79 bits per heavy atom. The minimum Gasteiger partial charge on any atom is -0.507 e. The molecule has 5 rings (SSSR count). The van der Waals surface area contributed by atoms with Gasteiger partial charge in [-0.1, -0.05) is 53.8 Å². The zero-order valence-electron chi connectivity index (χ0n) is 24.0. The summed E-state index contributed by atoms with van der Waals surface area (Å²) < 4.78 is 7.51. The third-order valence-corrected chi connectivity index (χ3v) is 8.96. The molecular formula is C33H33N3O4S2. The van der Waals surface area contributed by atoms with Gasteiger partial charge in [0.15, 0.2) is 4.80 Å². The Labute approximate surface area is 253 Å². The fourth-order valence-electron chi connectivity index (χ4n) is 5.12. The van der Waals surface area contributed by atoms with Gasteiger partial charge in [0.05, 0.1) is 28.5 Å². The number of carbonyl (C=O) groups is 1. The summed E-state index contributed by atoms with van der Waals surface area (Å²) in [6.07, 6.45) is 3.69. The molecule has 0 saturated carbocycles. The van der Waals surface area contributed by atoms with Gasteiger partial charge in [-0.15, -0.1) is 11.8 Å². The molecule has 216 valence electrons. The Hall–Kier alpha value is -4.08. The first-order chi connectivity index (χ1) is 20.4. The van der Waals surface area contributed by atoms with Crippen molar-refractivity contribution in [2.45, 2.75) is 31.7 Å². The number of aromatic hydroxyl groups is 1. The molecule has 2 heterocycles. The first-order valence-electron chi connectivity index (χ1n) is 13.9. The van der Waals surface area contributed by atoms with Gasteiger partial charge in [0.1, 0.15) is 5.75 Å². The van der Waals surface area contributed by atoms with Crippen LogP contribution in [0.1, 0.15) is 43.5 Å². The van der Waals surface area contributed by atoms with E-state index in [0.717, 1.165) is 34.8 Å². The maximum atomic E-state index is 14.1. The fourth-order valence-corrected chi connectivity index (χ4v) is 6.52. The number of carbonyl (C=O) groups excluding carboxylic acids is 1. The number of esters is 1. The molecule has 1 aliphatic heterocycles. The molecule has 9 heteroatoms. The second-order valence-electron chi connectivity index (χ2n) is 9.62. The zero-order valence-corrected chi connectivity index (χ0v) is 25.7. The number of hydrogen-bond donors (Lipinski definition) is 1. The molecule has 3 aromatic carbocycles. The lowest BCUT2D eigenvalue weighted by Gasteiger charge is -2.26. The van der Waals surface area contributed by atoms with E-state index in [-0.39, 0.29) is 17.9 Å². The number of hydrogen-bond acceptors (Lipinski definition) is 8. The Morgan fingerprint density at radius 1 is 1.07 bits per heavy atom. The summed E-state index contributed by atoms with van der Waals surface area (Å²) in [5.74, 6) is -0.426. The number of thiazole rings is 1. The number of benzene rings is 3. The molecular weight excluding hydrogens is 567 g/mol. The van der Waals surface area contributed by atoms with Crippen molar-refractivity contribution in [1.29, 1.82) is 0 Å². The standard InChI is InChI=1S/C33H33N3O4S2/c1-5-35(6-2)24-16-13-23(26(37)20-24)19-27-31(38)36-30(22-14-17-25(41-4)18-15-22)28(32(39)40-7-3)29(34-33(36)42-27)21-11-9-8-10-12-21/h8-20,30,37H,5-7H2,1-4H3/b27-19+/t30-/m1/s1. The van der Waals surface area contributed by atoms with Crippen LogP contribution in [-0.2, 0) is 9.53 Å². The van der Waals surface area contributed by atoms with Gasteiger partial charge in [-0.2, -0.15) is 0 Å². The SMILES string of the molecule is CCOC(=O)C1=C(c2ccccc2)N=c2s/c(=C/c3ccc(N(CC)CC)cc3O)c(=O)n2[C@@H]1c1ccc(SC)cc1. The second kappa shape index (κ2) is 12.8. The summed E-state index contributed by atoms with van der Waals surface area (Å²) in [5.41, 5.74) is 3.48. The highest BCUT2D eigenvalue weighted by Gasteiger charge is 2.35. The van der Waals surface area contributed by atoms with E-state index in [1.54, 1.807) is 35.4 Å². The summed E-state index contributed by atoms with van der Waals surface area (Å²) in [7, 11) is 0. The first kappa shape index (κ1) is 29.4. The predicted octanol–water partition coefficient (Wildman–Crippen LogP) is 5.21. The minimum atomic E-state index is -0.743. The summed E-state index contributed by atoms with van der Waals surface area (Å²) in [4.78, 5) is 36.2. The molecule has 0 amide bonds. The van der Waals surface area contributed by atoms with Crippen LogP contribution in [0, 0.1) is 0 Å². The van der Waals surface area contributed by atoms with Crippen LogP contribution in [0.2, 0.25) is 0 Å². The largest absolute Gasteiger partial charge is 0.507 e. The van der Waals surface area contributed by atoms with E-state index in [1.165, 1.54) is 11.3 Å². The number of rotatable bonds is 9. The molecule has 0 radical (unpaired) electrons. The quantitative estimate of drug-likeness (QED) is 0.210. The first-order valence-corrected chi connectivity index (χ1v) is 15.9. The molecule has 0 fully saturated rings. The monoisotopic (exact) mass is 599 g/mol. The maximum Gasteiger partial charge on any atom is 0.338 e. The maximum absolute atomic E-state index is 14.1. The van der Waals surface area contributed by atoms with E-state index in [0.29, 0.717) is 26.2 Å². The van der Waals surface area contributed by atoms with Crippen molar-refractivity contribution in [3.05, 3.63) is 115 Å². The van der Waals surface area contributed by atoms with Crippen molar-refractivity contribution < 1.29 is 14.6 Å². The second-order valence-corrected chi connectivity index (χ2v) is 11.5. The predicted molar refractivity (Wildman–Crippen MR) is 171 cm³/mol. The van der Waals surface area contributed by atoms with Crippen molar-refractivity contribution in [3.63, 3.8) is 0 Å². The molecule has 4 aromatic rings. The van der Waals surface area contributed by atoms with Gasteiger partial charge in [-0.3, -0.25) is 9.36 Å². The van der Waals surface area contributed by atoms with E-state index in [9.17, 15) is 14.7 Å². The van der Waals surface area contributed by atoms with Crippen LogP contribution in [0.15, 0.2) is 93.1 Å². The molecule has 1 N–H and O–H groups in total. The average Bonchev–Trinajstić information content (AvgIpc) is 3.33. The third kappa shape index (κ3) is 5.67. The summed E-state index contributed by atoms with van der Waals surface area (Å²) in [5, 5.41) is 10.9. The highest BCUT2D eigenvalue weighted by atomic mass is 32.2. The van der Waals surface area contributed by atoms with Crippen LogP contribution in [0.4, 0.5) is 5.69 Å². The number of phenolic OH excluding ortho intramolecular Hbond substituents is 1. The van der Waals surface area contributed by atoms with Crippen LogP contribution in [-0.4, -0.2) is 41.6 Å². The molecule has 1 aromatic heterocycles. The minimum absolute atomic E-state index is 0.0895. The lowest BCUT2D eigenvalue weighted by Crippen LogP contribution is -2.40. The van der Waals surface area contributed by atoms with Crippen molar-refractivity contribution in [2.75, 3.05) is 30.9 Å². The van der Waals surface area contributed by atoms with Gasteiger partial charge in [-0.05, 0) is 62.9 Å². The van der Waals surface area contributed by atoms with Crippen LogP contribution in [0.25, 0.3) is 11.8 Å². The summed E-state index contributed by atoms with van der Waals surface area (Å²) in [6.45, 7) is 7.71. The van der Waals surface area contributed by atoms with Gasteiger partial charge in [0, 0.05) is 40.9 Å². The molecule has 7 nitrogen and oxygen atoms in total. The Morgan fingerprint density at radius 3 is 2.40 bits per heavy atom. The van der Waals surface area contributed by atoms with E-state index < -0.39 is 12.0 Å². The Balaban J connectivity index is 1.75. The summed E-state index contributed by atoms with van der Waals surface area (Å²) >= 11 is 2.85. The van der Waals surface area contributed by atoms with Crippen molar-refractivity contribution in [3.8, 4) is 5.75 Å². The van der Waals surface area contributed by atoms with Crippen LogP contribution in [0.5, 0.6) is 5.75 Å². The number of anilines is 1. The third-order valence-electron chi connectivity index (χ3n) is 7.23. The normalized spacial score (nSPS) is 14.9. The smallest absolute Gasteiger partial charge is 0.338 e. The van der Waals surface area contributed by atoms with E-state index >= 15 is 0 Å². The number of fused-ring (bicyclic) bond motifs is 1. The van der Waals surface area contributed by atoms with E-state index in [4.69, 9.17) is 9.73 Å². The number of phenols is 1. The van der Waals surface area contributed by atoms with Crippen molar-refractivity contribution in [2.24, 2.45) is 4.99 Å². The van der Waals surface area contributed by atoms with Crippen LogP contribution < -0.4 is 19.8 Å². The van der Waals surface area contributed by atoms with Gasteiger partial charge in [0.25, 0.3) is 5.56 Å². The Kier molecular flexibility index (Phi) is 8.99. The molecule has 1 aliphatic rings. The molecule has 0 bridgehead atoms. The molecule has 1 atom stereocenters. The van der Waals surface area contributed by atoms with Crippen molar-refractivity contribution >= 4 is 46.5 Å². The Bertz CT molecular complexity index is 1800. The molecule has 0 unspecified atom stereocenters. The number of ether oxygens (including phenoxy) is 1. The highest BCUT2D eigenvalue weighted by Crippen LogP contribution is 2.35. The van der Waals surface area contributed by atoms with Gasteiger partial charge in [-0.25, -0.2) is 9.79 Å². The fraction of sp³-hybridized carbons (Fsp3) is 0.242. The van der Waals surface area contributed by atoms with Crippen LogP contribution >= 0.6 is 23.1 Å². The molecule has 42 heavy (non-hydrogen) atoms. The highest BCUT2D eigenvalue weighted by molar-refractivity contribution is 7.98. The number of thioether (sulfide) groups is 1. The summed E-state index contributed by atoms with van der Waals surface area (Å²) in [6, 6.07) is 22.1. The number of nitrogens with zero attached hydrogens (tertiary/aromatic N) is 3. The molecule has 0 saturated heterocycles. The van der Waals surface area contributed by atoms with E-state index in [2.05, 4.69) is 18.7 Å². The van der Waals surface area contributed by atoms with Crippen LogP contribution in [0.3, 0.4) is 0 Å². The van der Waals surface area contributed by atoms with Gasteiger partial charge < -0.3 is 14.7 Å². The molecule has 0 spiro atoms. The topological polar surface area (TPSA) is 84.1 Å². The zero-order chi connectivity index (χ0) is 29.8. The van der Waals surface area contributed by atoms with Gasteiger partial charge in [0.2, 0.25) is 0 Å². The lowest BCUT2D eigenvalue weighted by molar-refractivity contribution is -0.138. The van der Waals surface area contributed by atoms with E-state index in [1.807, 2.05) is 73.0 Å². The van der Waals surface area contributed by atoms with Crippen molar-refractivity contribution in [1.82, 2.24) is 4.57 Å². The average molecular weight is 600 g/mol. The molecule has 0 aliphatic carbocycles. The lowest BCUT2D eigenvalue weighted by atomic mass is 9.93. The van der Waals surface area contributed by atoms with Gasteiger partial charge >= 0.3 is 5.97 Å². The number of aromatic nitrogens is 1.